The molecular formula is C12H18N2O. The zero-order valence-corrected chi connectivity index (χ0v) is 9.36. The van der Waals surface area contributed by atoms with Gasteiger partial charge in [0.05, 0.1) is 0 Å². The van der Waals surface area contributed by atoms with Crippen LogP contribution in [0.3, 0.4) is 0 Å². The van der Waals surface area contributed by atoms with Crippen molar-refractivity contribution in [1.82, 2.24) is 4.90 Å². The summed E-state index contributed by atoms with van der Waals surface area (Å²) >= 11 is 0. The van der Waals surface area contributed by atoms with E-state index in [0.717, 1.165) is 0 Å². The van der Waals surface area contributed by atoms with Crippen LogP contribution in [-0.2, 0) is 11.3 Å². The van der Waals surface area contributed by atoms with Crippen LogP contribution < -0.4 is 5.73 Å². The van der Waals surface area contributed by atoms with Crippen LogP contribution >= 0.6 is 0 Å². The molecule has 2 N–H and O–H groups in total. The highest BCUT2D eigenvalue weighted by Crippen LogP contribution is 2.09. The van der Waals surface area contributed by atoms with Gasteiger partial charge in [0, 0.05) is 26.6 Å². The van der Waals surface area contributed by atoms with Gasteiger partial charge in [0.1, 0.15) is 0 Å². The minimum absolute atomic E-state index is 0.0979. The van der Waals surface area contributed by atoms with Crippen LogP contribution in [0.5, 0.6) is 0 Å². The largest absolute Gasteiger partial charge is 0.341 e. The summed E-state index contributed by atoms with van der Waals surface area (Å²) in [6.45, 7) is 3.12. The van der Waals surface area contributed by atoms with Gasteiger partial charge in [0.15, 0.2) is 0 Å². The van der Waals surface area contributed by atoms with Crippen molar-refractivity contribution in [1.29, 1.82) is 0 Å². The smallest absolute Gasteiger partial charge is 0.223 e. The van der Waals surface area contributed by atoms with Gasteiger partial charge in [0.25, 0.3) is 0 Å². The Morgan fingerprint density at radius 3 is 2.67 bits per heavy atom. The first kappa shape index (κ1) is 11.7. The van der Waals surface area contributed by atoms with Gasteiger partial charge in [-0.05, 0) is 18.1 Å². The highest BCUT2D eigenvalue weighted by molar-refractivity contribution is 5.76. The molecule has 1 rings (SSSR count). The number of aryl methyl sites for hydroxylation is 1. The molecule has 0 bridgehead atoms. The fraction of sp³-hybridized carbons (Fsp3) is 0.417. The summed E-state index contributed by atoms with van der Waals surface area (Å²) in [6.07, 6.45) is 0.419. The molecule has 82 valence electrons. The third-order valence-corrected chi connectivity index (χ3v) is 2.45. The SMILES string of the molecule is Cc1ccccc1CN(C)C(=O)CCN. The normalized spacial score (nSPS) is 10.1. The molecule has 0 unspecified atom stereocenters. The Bertz CT molecular complexity index is 336. The van der Waals surface area contributed by atoms with Crippen LogP contribution in [0.4, 0.5) is 0 Å². The maximum absolute atomic E-state index is 11.5. The lowest BCUT2D eigenvalue weighted by atomic mass is 10.1. The third-order valence-electron chi connectivity index (χ3n) is 2.45. The minimum atomic E-state index is 0.0979. The molecule has 0 aliphatic heterocycles. The molecule has 1 aromatic carbocycles. The van der Waals surface area contributed by atoms with Gasteiger partial charge in [-0.3, -0.25) is 4.79 Å². The van der Waals surface area contributed by atoms with E-state index in [2.05, 4.69) is 13.0 Å². The molecule has 0 atom stereocenters. The van der Waals surface area contributed by atoms with Crippen molar-refractivity contribution in [3.8, 4) is 0 Å². The van der Waals surface area contributed by atoms with E-state index in [4.69, 9.17) is 5.73 Å². The Kier molecular flexibility index (Phi) is 4.31. The number of benzene rings is 1. The van der Waals surface area contributed by atoms with E-state index in [0.29, 0.717) is 19.5 Å². The van der Waals surface area contributed by atoms with Gasteiger partial charge in [-0.25, -0.2) is 0 Å². The zero-order valence-electron chi connectivity index (χ0n) is 9.36. The van der Waals surface area contributed by atoms with Crippen LogP contribution in [0.1, 0.15) is 17.5 Å². The Morgan fingerprint density at radius 1 is 1.40 bits per heavy atom. The second kappa shape index (κ2) is 5.51. The van der Waals surface area contributed by atoms with Crippen molar-refractivity contribution in [2.24, 2.45) is 5.73 Å². The van der Waals surface area contributed by atoms with Crippen LogP contribution in [0, 0.1) is 6.92 Å². The maximum Gasteiger partial charge on any atom is 0.223 e. The second-order valence-corrected chi connectivity index (χ2v) is 3.71. The molecule has 0 aliphatic carbocycles. The molecule has 0 saturated carbocycles. The molecule has 0 saturated heterocycles. The summed E-state index contributed by atoms with van der Waals surface area (Å²) in [7, 11) is 1.81. The summed E-state index contributed by atoms with van der Waals surface area (Å²) in [5, 5.41) is 0. The number of hydrogen-bond donors (Lipinski definition) is 1. The summed E-state index contributed by atoms with van der Waals surface area (Å²) in [4.78, 5) is 13.2. The molecule has 3 heteroatoms. The summed E-state index contributed by atoms with van der Waals surface area (Å²) in [5.41, 5.74) is 7.74. The molecule has 0 spiro atoms. The predicted octanol–water partition coefficient (Wildman–Crippen LogP) is 1.30. The van der Waals surface area contributed by atoms with Crippen molar-refractivity contribution in [2.75, 3.05) is 13.6 Å². The predicted molar refractivity (Wildman–Crippen MR) is 61.3 cm³/mol. The fourth-order valence-corrected chi connectivity index (χ4v) is 1.45. The summed E-state index contributed by atoms with van der Waals surface area (Å²) < 4.78 is 0. The second-order valence-electron chi connectivity index (χ2n) is 3.71. The molecule has 3 nitrogen and oxygen atoms in total. The lowest BCUT2D eigenvalue weighted by molar-refractivity contribution is -0.130. The van der Waals surface area contributed by atoms with Crippen molar-refractivity contribution >= 4 is 5.91 Å². The Balaban J connectivity index is 2.62. The molecule has 0 heterocycles. The number of hydrogen-bond acceptors (Lipinski definition) is 2. The Hall–Kier alpha value is -1.35. The standard InChI is InChI=1S/C12H18N2O/c1-10-5-3-4-6-11(10)9-14(2)12(15)7-8-13/h3-6H,7-9,13H2,1-2H3. The van der Waals surface area contributed by atoms with E-state index in [1.54, 1.807) is 4.90 Å². The van der Waals surface area contributed by atoms with Gasteiger partial charge in [-0.2, -0.15) is 0 Å². The average molecular weight is 206 g/mol. The van der Waals surface area contributed by atoms with E-state index >= 15 is 0 Å². The number of carbonyl (C=O) groups is 1. The molecular weight excluding hydrogens is 188 g/mol. The topological polar surface area (TPSA) is 46.3 Å². The molecule has 0 aromatic heterocycles. The van der Waals surface area contributed by atoms with Crippen LogP contribution in [0.25, 0.3) is 0 Å². The molecule has 1 aromatic rings. The number of nitrogens with zero attached hydrogens (tertiary/aromatic N) is 1. The zero-order chi connectivity index (χ0) is 11.3. The quantitative estimate of drug-likeness (QED) is 0.807. The van der Waals surface area contributed by atoms with Crippen molar-refractivity contribution < 1.29 is 4.79 Å². The number of rotatable bonds is 4. The third kappa shape index (κ3) is 3.36. The minimum Gasteiger partial charge on any atom is -0.341 e. The molecule has 0 aliphatic rings. The fourth-order valence-electron chi connectivity index (χ4n) is 1.45. The van der Waals surface area contributed by atoms with Gasteiger partial charge in [-0.15, -0.1) is 0 Å². The van der Waals surface area contributed by atoms with E-state index in [1.165, 1.54) is 11.1 Å². The Morgan fingerprint density at radius 2 is 2.07 bits per heavy atom. The summed E-state index contributed by atoms with van der Waals surface area (Å²) in [5.74, 6) is 0.0979. The van der Waals surface area contributed by atoms with Crippen molar-refractivity contribution in [3.63, 3.8) is 0 Å². The molecule has 0 radical (unpaired) electrons. The van der Waals surface area contributed by atoms with Crippen LogP contribution in [-0.4, -0.2) is 24.4 Å². The van der Waals surface area contributed by atoms with Crippen LogP contribution in [0.15, 0.2) is 24.3 Å². The molecule has 15 heavy (non-hydrogen) atoms. The first-order chi connectivity index (χ1) is 7.15. The lowest BCUT2D eigenvalue weighted by Gasteiger charge is -2.18. The summed E-state index contributed by atoms with van der Waals surface area (Å²) in [6, 6.07) is 8.09. The Labute approximate surface area is 90.9 Å². The average Bonchev–Trinajstić information content (AvgIpc) is 2.21. The van der Waals surface area contributed by atoms with E-state index in [-0.39, 0.29) is 5.91 Å². The number of carbonyl (C=O) groups excluding carboxylic acids is 1. The number of nitrogens with two attached hydrogens (primary N) is 1. The van der Waals surface area contributed by atoms with E-state index < -0.39 is 0 Å². The first-order valence-corrected chi connectivity index (χ1v) is 5.13. The maximum atomic E-state index is 11.5. The van der Waals surface area contributed by atoms with Gasteiger partial charge < -0.3 is 10.6 Å². The van der Waals surface area contributed by atoms with Gasteiger partial charge in [-0.1, -0.05) is 24.3 Å². The van der Waals surface area contributed by atoms with Gasteiger partial charge >= 0.3 is 0 Å². The highest BCUT2D eigenvalue weighted by Gasteiger charge is 2.08. The highest BCUT2D eigenvalue weighted by atomic mass is 16.2. The lowest BCUT2D eigenvalue weighted by Crippen LogP contribution is -2.28. The van der Waals surface area contributed by atoms with Gasteiger partial charge in [0.2, 0.25) is 5.91 Å². The molecule has 0 fully saturated rings. The van der Waals surface area contributed by atoms with E-state index in [9.17, 15) is 4.79 Å². The number of amides is 1. The van der Waals surface area contributed by atoms with E-state index in [1.807, 2.05) is 25.2 Å². The van der Waals surface area contributed by atoms with Crippen molar-refractivity contribution in [2.45, 2.75) is 19.9 Å². The monoisotopic (exact) mass is 206 g/mol. The molecule has 1 amide bonds. The van der Waals surface area contributed by atoms with Crippen LogP contribution in [0.2, 0.25) is 0 Å². The van der Waals surface area contributed by atoms with Crippen molar-refractivity contribution in [3.05, 3.63) is 35.4 Å². The first-order valence-electron chi connectivity index (χ1n) is 5.13.